The molecular weight excluding hydrogens is 410 g/mol. The molecule has 4 aromatic rings. The zero-order chi connectivity index (χ0) is 21.7. The predicted molar refractivity (Wildman–Crippen MR) is 118 cm³/mol. The van der Waals surface area contributed by atoms with Gasteiger partial charge in [-0.1, -0.05) is 0 Å². The lowest BCUT2D eigenvalue weighted by atomic mass is 9.90. The van der Waals surface area contributed by atoms with E-state index < -0.39 is 0 Å². The van der Waals surface area contributed by atoms with Crippen molar-refractivity contribution in [2.24, 2.45) is 0 Å². The molecule has 1 spiro atoms. The zero-order valence-electron chi connectivity index (χ0n) is 18.1. The average Bonchev–Trinajstić information content (AvgIpc) is 3.54. The largest absolute Gasteiger partial charge is 0.480 e. The summed E-state index contributed by atoms with van der Waals surface area (Å²) in [6, 6.07) is 4.23. The first kappa shape index (κ1) is 19.4. The van der Waals surface area contributed by atoms with Crippen LogP contribution in [0.3, 0.4) is 0 Å². The highest BCUT2D eigenvalue weighted by atomic mass is 16.7. The Kier molecular flexibility index (Phi) is 4.51. The minimum Gasteiger partial charge on any atom is -0.480 e. The van der Waals surface area contributed by atoms with Crippen LogP contribution in [0.4, 0.5) is 5.95 Å². The molecule has 1 aliphatic heterocycles. The minimum atomic E-state index is -0.376. The average molecular weight is 435 g/mol. The lowest BCUT2D eigenvalue weighted by Gasteiger charge is -2.35. The monoisotopic (exact) mass is 435 g/mol. The van der Waals surface area contributed by atoms with Crippen LogP contribution < -0.4 is 10.1 Å². The van der Waals surface area contributed by atoms with E-state index in [2.05, 4.69) is 25.5 Å². The smallest absolute Gasteiger partial charge is 0.228 e. The minimum absolute atomic E-state index is 0.268. The fraction of sp³-hybridized carbons (Fsp3) is 0.455. The van der Waals surface area contributed by atoms with Gasteiger partial charge < -0.3 is 24.5 Å². The fourth-order valence-corrected chi connectivity index (χ4v) is 4.77. The van der Waals surface area contributed by atoms with Crippen molar-refractivity contribution >= 4 is 22.6 Å². The van der Waals surface area contributed by atoms with Crippen molar-refractivity contribution in [2.45, 2.75) is 44.4 Å². The Bertz CT molecular complexity index is 1280. The van der Waals surface area contributed by atoms with Crippen molar-refractivity contribution in [1.29, 1.82) is 0 Å². The highest BCUT2D eigenvalue weighted by Gasteiger charge is 2.40. The van der Waals surface area contributed by atoms with Gasteiger partial charge in [-0.25, -0.2) is 0 Å². The second-order valence-corrected chi connectivity index (χ2v) is 8.40. The molecule has 166 valence electrons. The van der Waals surface area contributed by atoms with E-state index in [1.807, 2.05) is 35.9 Å². The SMILES string of the molecule is COc1nc(NC2CCC3(CC2)OCCO3)nc2[nH]cc(-c3ccc4nnc(C)n4c3)c12. The summed E-state index contributed by atoms with van der Waals surface area (Å²) in [7, 11) is 1.63. The van der Waals surface area contributed by atoms with Crippen LogP contribution in [0.1, 0.15) is 31.5 Å². The second-order valence-electron chi connectivity index (χ2n) is 8.40. The van der Waals surface area contributed by atoms with Crippen LogP contribution in [0.5, 0.6) is 5.88 Å². The summed E-state index contributed by atoms with van der Waals surface area (Å²) in [6.07, 6.45) is 7.59. The lowest BCUT2D eigenvalue weighted by molar-refractivity contribution is -0.177. The van der Waals surface area contributed by atoms with Gasteiger partial charge in [0, 0.05) is 42.4 Å². The second kappa shape index (κ2) is 7.42. The summed E-state index contributed by atoms with van der Waals surface area (Å²) < 4.78 is 19.3. The third-order valence-corrected chi connectivity index (χ3v) is 6.47. The molecule has 0 radical (unpaired) electrons. The predicted octanol–water partition coefficient (Wildman–Crippen LogP) is 3.08. The molecule has 0 unspecified atom stereocenters. The van der Waals surface area contributed by atoms with E-state index in [0.29, 0.717) is 25.0 Å². The van der Waals surface area contributed by atoms with Crippen molar-refractivity contribution in [2.75, 3.05) is 25.6 Å². The third-order valence-electron chi connectivity index (χ3n) is 6.47. The van der Waals surface area contributed by atoms with Crippen LogP contribution in [0.25, 0.3) is 27.8 Å². The number of aryl methyl sites for hydroxylation is 1. The van der Waals surface area contributed by atoms with Crippen LogP contribution in [0.15, 0.2) is 24.5 Å². The first-order chi connectivity index (χ1) is 15.6. The standard InChI is InChI=1S/C22H25N7O3/c1-13-27-28-17-4-3-14(12-29(13)17)16-11-23-19-18(16)20(30-2)26-21(25-19)24-15-5-7-22(8-6-15)31-9-10-32-22/h3-4,11-12,15H,5-10H2,1-2H3,(H2,23,24,25,26). The molecule has 2 fully saturated rings. The van der Waals surface area contributed by atoms with Crippen molar-refractivity contribution in [3.8, 4) is 17.0 Å². The number of aromatic amines is 1. The van der Waals surface area contributed by atoms with Crippen LogP contribution in [-0.2, 0) is 9.47 Å². The fourth-order valence-electron chi connectivity index (χ4n) is 4.77. The topological polar surface area (TPSA) is 111 Å². The molecule has 1 saturated carbocycles. The van der Waals surface area contributed by atoms with Gasteiger partial charge in [0.25, 0.3) is 0 Å². The molecular formula is C22H25N7O3. The summed E-state index contributed by atoms with van der Waals surface area (Å²) in [4.78, 5) is 12.7. The number of nitrogens with zero attached hydrogens (tertiary/aromatic N) is 5. The molecule has 10 nitrogen and oxygen atoms in total. The van der Waals surface area contributed by atoms with E-state index in [0.717, 1.165) is 59.3 Å². The number of rotatable bonds is 4. The molecule has 4 aromatic heterocycles. The molecule has 6 rings (SSSR count). The van der Waals surface area contributed by atoms with Gasteiger partial charge in [-0.15, -0.1) is 10.2 Å². The van der Waals surface area contributed by atoms with E-state index in [9.17, 15) is 0 Å². The van der Waals surface area contributed by atoms with Crippen LogP contribution in [-0.4, -0.2) is 61.7 Å². The highest BCUT2D eigenvalue weighted by molar-refractivity contribution is 5.97. The number of aromatic nitrogens is 6. The molecule has 0 bridgehead atoms. The summed E-state index contributed by atoms with van der Waals surface area (Å²) in [6.45, 7) is 3.31. The summed E-state index contributed by atoms with van der Waals surface area (Å²) in [5.41, 5.74) is 3.50. The van der Waals surface area contributed by atoms with Gasteiger partial charge in [-0.05, 0) is 31.9 Å². The van der Waals surface area contributed by atoms with Gasteiger partial charge in [0.1, 0.15) is 11.5 Å². The summed E-state index contributed by atoms with van der Waals surface area (Å²) >= 11 is 0. The van der Waals surface area contributed by atoms with Gasteiger partial charge in [0.15, 0.2) is 11.4 Å². The maximum Gasteiger partial charge on any atom is 0.228 e. The van der Waals surface area contributed by atoms with Gasteiger partial charge in [0.05, 0.1) is 25.7 Å². The number of methoxy groups -OCH3 is 1. The van der Waals surface area contributed by atoms with Crippen LogP contribution in [0, 0.1) is 6.92 Å². The molecule has 0 aromatic carbocycles. The number of H-pyrrole nitrogens is 1. The Morgan fingerprint density at radius 1 is 1.16 bits per heavy atom. The molecule has 32 heavy (non-hydrogen) atoms. The molecule has 5 heterocycles. The maximum absolute atomic E-state index is 5.83. The van der Waals surface area contributed by atoms with Gasteiger partial charge in [-0.2, -0.15) is 9.97 Å². The van der Waals surface area contributed by atoms with Crippen molar-refractivity contribution in [3.05, 3.63) is 30.4 Å². The third kappa shape index (κ3) is 3.18. The van der Waals surface area contributed by atoms with Gasteiger partial charge >= 0.3 is 0 Å². The van der Waals surface area contributed by atoms with Crippen LogP contribution >= 0.6 is 0 Å². The molecule has 10 heteroatoms. The summed E-state index contributed by atoms with van der Waals surface area (Å²) in [5.74, 6) is 1.55. The quantitative estimate of drug-likeness (QED) is 0.503. The molecule has 0 amide bonds. The number of hydrogen-bond acceptors (Lipinski definition) is 8. The zero-order valence-corrected chi connectivity index (χ0v) is 18.1. The van der Waals surface area contributed by atoms with E-state index in [-0.39, 0.29) is 11.8 Å². The molecule has 0 atom stereocenters. The van der Waals surface area contributed by atoms with E-state index in [1.165, 1.54) is 0 Å². The van der Waals surface area contributed by atoms with E-state index >= 15 is 0 Å². The molecule has 2 aliphatic rings. The number of nitrogens with one attached hydrogen (secondary N) is 2. The summed E-state index contributed by atoms with van der Waals surface area (Å²) in [5, 5.41) is 12.6. The number of ether oxygens (including phenoxy) is 3. The van der Waals surface area contributed by atoms with Gasteiger partial charge in [-0.3, -0.25) is 4.40 Å². The van der Waals surface area contributed by atoms with E-state index in [4.69, 9.17) is 19.2 Å². The highest BCUT2D eigenvalue weighted by Crippen LogP contribution is 2.38. The molecule has 2 N–H and O–H groups in total. The van der Waals surface area contributed by atoms with Gasteiger partial charge in [0.2, 0.25) is 11.8 Å². The first-order valence-corrected chi connectivity index (χ1v) is 10.9. The Labute approximate surface area is 184 Å². The Hall–Kier alpha value is -3.24. The Morgan fingerprint density at radius 3 is 2.75 bits per heavy atom. The van der Waals surface area contributed by atoms with Crippen molar-refractivity contribution < 1.29 is 14.2 Å². The van der Waals surface area contributed by atoms with Crippen molar-refractivity contribution in [3.63, 3.8) is 0 Å². The molecule has 1 aliphatic carbocycles. The number of fused-ring (bicyclic) bond motifs is 2. The van der Waals surface area contributed by atoms with Crippen LogP contribution in [0.2, 0.25) is 0 Å². The Balaban J connectivity index is 1.30. The first-order valence-electron chi connectivity index (χ1n) is 10.9. The normalized spacial score (nSPS) is 18.7. The van der Waals surface area contributed by atoms with Crippen molar-refractivity contribution in [1.82, 2.24) is 29.5 Å². The number of pyridine rings is 1. The van der Waals surface area contributed by atoms with E-state index in [1.54, 1.807) is 7.11 Å². The number of hydrogen-bond donors (Lipinski definition) is 2. The lowest BCUT2D eigenvalue weighted by Crippen LogP contribution is -2.39. The maximum atomic E-state index is 5.83. The Morgan fingerprint density at radius 2 is 1.97 bits per heavy atom. The number of anilines is 1. The molecule has 1 saturated heterocycles.